The molecule has 7 nitrogen and oxygen atoms in total. The number of hydrogen-bond acceptors (Lipinski definition) is 5. The first-order chi connectivity index (χ1) is 12.0. The normalized spacial score (nSPS) is 18.0. The molecule has 142 valence electrons. The summed E-state index contributed by atoms with van der Waals surface area (Å²) in [4.78, 5) is 30.6. The molecular weight excluding hydrogens is 374 g/mol. The molecule has 2 amide bonds. The third-order valence-electron chi connectivity index (χ3n) is 4.64. The Hall–Kier alpha value is -1.90. The largest absolute Gasteiger partial charge is 0.364 e. The standard InChI is InChI=1S/C17H23N5O2S.ClH/c1-10(11-3-2-4-19-7-11)5-15(23)22-17-21-14(9-25-17)12-6-13(16(18)24)20-8-12;/h6,8-11,19-20H,2-5,7H2,1H3,(H2,18,24)(H,21,22,23);1H. The molecule has 0 aromatic carbocycles. The first kappa shape index (κ1) is 20.4. The van der Waals surface area contributed by atoms with Crippen LogP contribution in [-0.2, 0) is 4.79 Å². The monoisotopic (exact) mass is 397 g/mol. The molecule has 26 heavy (non-hydrogen) atoms. The van der Waals surface area contributed by atoms with Crippen LogP contribution in [0.3, 0.4) is 0 Å². The molecular formula is C17H24ClN5O2S. The van der Waals surface area contributed by atoms with Crippen molar-refractivity contribution in [3.8, 4) is 11.3 Å². The van der Waals surface area contributed by atoms with Crippen LogP contribution in [0.15, 0.2) is 17.6 Å². The first-order valence-corrected chi connectivity index (χ1v) is 9.35. The molecule has 2 unspecified atom stereocenters. The van der Waals surface area contributed by atoms with E-state index in [1.165, 1.54) is 24.2 Å². The summed E-state index contributed by atoms with van der Waals surface area (Å²) in [6.45, 7) is 4.20. The fraction of sp³-hybridized carbons (Fsp3) is 0.471. The van der Waals surface area contributed by atoms with Crippen molar-refractivity contribution in [1.82, 2.24) is 15.3 Å². The Morgan fingerprint density at radius 2 is 2.31 bits per heavy atom. The molecule has 2 aromatic heterocycles. The van der Waals surface area contributed by atoms with E-state index >= 15 is 0 Å². The zero-order chi connectivity index (χ0) is 17.8. The summed E-state index contributed by atoms with van der Waals surface area (Å²) in [7, 11) is 0. The number of hydrogen-bond donors (Lipinski definition) is 4. The van der Waals surface area contributed by atoms with Gasteiger partial charge in [0.15, 0.2) is 5.13 Å². The van der Waals surface area contributed by atoms with Crippen LogP contribution in [0.2, 0.25) is 0 Å². The van der Waals surface area contributed by atoms with Crippen molar-refractivity contribution < 1.29 is 9.59 Å². The van der Waals surface area contributed by atoms with Gasteiger partial charge in [-0.1, -0.05) is 6.92 Å². The second-order valence-electron chi connectivity index (χ2n) is 6.54. The maximum Gasteiger partial charge on any atom is 0.265 e. The number of aromatic amines is 1. The third-order valence-corrected chi connectivity index (χ3v) is 5.40. The summed E-state index contributed by atoms with van der Waals surface area (Å²) in [5, 5.41) is 8.68. The van der Waals surface area contributed by atoms with Crippen LogP contribution in [0, 0.1) is 11.8 Å². The number of carbonyl (C=O) groups is 2. The van der Waals surface area contributed by atoms with Crippen molar-refractivity contribution in [1.29, 1.82) is 0 Å². The van der Waals surface area contributed by atoms with E-state index in [1.54, 1.807) is 12.3 Å². The maximum atomic E-state index is 12.3. The van der Waals surface area contributed by atoms with Gasteiger partial charge in [-0.3, -0.25) is 9.59 Å². The summed E-state index contributed by atoms with van der Waals surface area (Å²) < 4.78 is 0. The Morgan fingerprint density at radius 1 is 1.50 bits per heavy atom. The molecule has 0 aliphatic carbocycles. The molecule has 0 spiro atoms. The number of thiazole rings is 1. The van der Waals surface area contributed by atoms with E-state index in [1.807, 2.05) is 5.38 Å². The summed E-state index contributed by atoms with van der Waals surface area (Å²) >= 11 is 1.37. The molecule has 0 saturated carbocycles. The number of nitrogens with one attached hydrogen (secondary N) is 3. The number of aromatic nitrogens is 2. The van der Waals surface area contributed by atoms with Gasteiger partial charge in [0.05, 0.1) is 5.69 Å². The van der Waals surface area contributed by atoms with E-state index < -0.39 is 5.91 Å². The predicted molar refractivity (Wildman–Crippen MR) is 106 cm³/mol. The number of amides is 2. The van der Waals surface area contributed by atoms with E-state index in [-0.39, 0.29) is 18.3 Å². The fourth-order valence-corrected chi connectivity index (χ4v) is 3.88. The molecule has 5 N–H and O–H groups in total. The molecule has 0 bridgehead atoms. The highest BCUT2D eigenvalue weighted by Gasteiger charge is 2.22. The SMILES string of the molecule is CC(CC(=O)Nc1nc(-c2c[nH]c(C(N)=O)c2)cs1)C1CCCNC1.Cl. The Morgan fingerprint density at radius 3 is 2.96 bits per heavy atom. The first-order valence-electron chi connectivity index (χ1n) is 8.47. The van der Waals surface area contributed by atoms with Crippen molar-refractivity contribution in [2.24, 2.45) is 17.6 Å². The Kier molecular flexibility index (Phi) is 7.19. The molecule has 1 saturated heterocycles. The number of nitrogens with two attached hydrogens (primary N) is 1. The highest BCUT2D eigenvalue weighted by Crippen LogP contribution is 2.27. The lowest BCUT2D eigenvalue weighted by Gasteiger charge is -2.27. The summed E-state index contributed by atoms with van der Waals surface area (Å²) in [6.07, 6.45) is 4.53. The van der Waals surface area contributed by atoms with Gasteiger partial charge >= 0.3 is 0 Å². The minimum absolute atomic E-state index is 0. The van der Waals surface area contributed by atoms with Gasteiger partial charge in [-0.05, 0) is 43.8 Å². The molecule has 3 heterocycles. The van der Waals surface area contributed by atoms with Gasteiger partial charge in [0.1, 0.15) is 5.69 Å². The average Bonchev–Trinajstić information content (AvgIpc) is 3.24. The van der Waals surface area contributed by atoms with E-state index in [2.05, 4.69) is 27.5 Å². The smallest absolute Gasteiger partial charge is 0.265 e. The van der Waals surface area contributed by atoms with Gasteiger partial charge < -0.3 is 21.4 Å². The van der Waals surface area contributed by atoms with Crippen LogP contribution in [-0.4, -0.2) is 34.9 Å². The lowest BCUT2D eigenvalue weighted by molar-refractivity contribution is -0.117. The van der Waals surface area contributed by atoms with E-state index in [0.717, 1.165) is 18.7 Å². The molecule has 0 radical (unpaired) electrons. The van der Waals surface area contributed by atoms with E-state index in [4.69, 9.17) is 5.73 Å². The zero-order valence-electron chi connectivity index (χ0n) is 14.6. The minimum Gasteiger partial charge on any atom is -0.364 e. The minimum atomic E-state index is -0.513. The van der Waals surface area contributed by atoms with Crippen LogP contribution >= 0.6 is 23.7 Å². The highest BCUT2D eigenvalue weighted by atomic mass is 35.5. The fourth-order valence-electron chi connectivity index (χ4n) is 3.14. The van der Waals surface area contributed by atoms with E-state index in [0.29, 0.717) is 34.8 Å². The average molecular weight is 398 g/mol. The van der Waals surface area contributed by atoms with Gasteiger partial charge in [0.25, 0.3) is 5.91 Å². The number of anilines is 1. The highest BCUT2D eigenvalue weighted by molar-refractivity contribution is 7.14. The number of nitrogens with zero attached hydrogens (tertiary/aromatic N) is 1. The summed E-state index contributed by atoms with van der Waals surface area (Å²) in [5.41, 5.74) is 7.04. The zero-order valence-corrected chi connectivity index (χ0v) is 16.2. The Labute approximate surface area is 162 Å². The van der Waals surface area contributed by atoms with Crippen LogP contribution in [0.25, 0.3) is 11.3 Å². The number of carbonyl (C=O) groups excluding carboxylic acids is 2. The summed E-state index contributed by atoms with van der Waals surface area (Å²) in [5.74, 6) is 0.375. The Balaban J connectivity index is 0.00000243. The lowest BCUT2D eigenvalue weighted by Crippen LogP contribution is -2.34. The number of rotatable bonds is 6. The number of halogens is 1. The maximum absolute atomic E-state index is 12.3. The van der Waals surface area contributed by atoms with Crippen molar-refractivity contribution in [3.05, 3.63) is 23.3 Å². The molecule has 1 aliphatic rings. The number of primary amides is 1. The lowest BCUT2D eigenvalue weighted by atomic mass is 9.85. The third kappa shape index (κ3) is 5.06. The molecule has 1 aliphatic heterocycles. The van der Waals surface area contributed by atoms with Crippen LogP contribution in [0.4, 0.5) is 5.13 Å². The van der Waals surface area contributed by atoms with Gasteiger partial charge in [0.2, 0.25) is 5.91 Å². The van der Waals surface area contributed by atoms with Gasteiger partial charge in [0, 0.05) is 23.6 Å². The second kappa shape index (κ2) is 9.16. The second-order valence-corrected chi connectivity index (χ2v) is 7.40. The molecule has 2 atom stereocenters. The topological polar surface area (TPSA) is 113 Å². The molecule has 3 rings (SSSR count). The number of H-pyrrole nitrogens is 1. The van der Waals surface area contributed by atoms with Crippen LogP contribution in [0.5, 0.6) is 0 Å². The van der Waals surface area contributed by atoms with Gasteiger partial charge in [-0.2, -0.15) is 0 Å². The van der Waals surface area contributed by atoms with Crippen molar-refractivity contribution in [3.63, 3.8) is 0 Å². The van der Waals surface area contributed by atoms with Crippen molar-refractivity contribution in [2.75, 3.05) is 18.4 Å². The van der Waals surface area contributed by atoms with Crippen LogP contribution in [0.1, 0.15) is 36.7 Å². The summed E-state index contributed by atoms with van der Waals surface area (Å²) in [6, 6.07) is 1.65. The van der Waals surface area contributed by atoms with Crippen LogP contribution < -0.4 is 16.4 Å². The van der Waals surface area contributed by atoms with E-state index in [9.17, 15) is 9.59 Å². The van der Waals surface area contributed by atoms with Gasteiger partial charge in [-0.15, -0.1) is 23.7 Å². The number of piperidine rings is 1. The molecule has 1 fully saturated rings. The van der Waals surface area contributed by atoms with Gasteiger partial charge in [-0.25, -0.2) is 4.98 Å². The van der Waals surface area contributed by atoms with Crippen molar-refractivity contribution in [2.45, 2.75) is 26.2 Å². The Bertz CT molecular complexity index is 754. The quantitative estimate of drug-likeness (QED) is 0.600. The molecule has 9 heteroatoms. The predicted octanol–water partition coefficient (Wildman–Crippen LogP) is 2.62. The van der Waals surface area contributed by atoms with Crippen molar-refractivity contribution >= 4 is 40.7 Å². The molecule has 2 aromatic rings.